The van der Waals surface area contributed by atoms with Crippen LogP contribution in [0.3, 0.4) is 0 Å². The molecule has 19 heavy (non-hydrogen) atoms. The Morgan fingerprint density at radius 1 is 1.11 bits per heavy atom. The Morgan fingerprint density at radius 2 is 1.84 bits per heavy atom. The molecule has 2 aromatic rings. The van der Waals surface area contributed by atoms with Crippen molar-refractivity contribution in [2.75, 3.05) is 5.32 Å². The summed E-state index contributed by atoms with van der Waals surface area (Å²) in [5.41, 5.74) is 3.79. The Hall–Kier alpha value is -0.990. The molecule has 1 saturated carbocycles. The third-order valence-electron chi connectivity index (χ3n) is 3.44. The van der Waals surface area contributed by atoms with Gasteiger partial charge in [0.05, 0.1) is 5.69 Å². The van der Waals surface area contributed by atoms with Gasteiger partial charge in [-0.05, 0) is 64.0 Å². The number of halogens is 2. The number of benzene rings is 2. The zero-order valence-corrected chi connectivity index (χ0v) is 12.8. The molecule has 0 bridgehead atoms. The predicted octanol–water partition coefficient (Wildman–Crippen LogP) is 5.59. The molecule has 1 nitrogen and oxygen atoms in total. The first-order valence-corrected chi connectivity index (χ1v) is 7.67. The predicted molar refractivity (Wildman–Crippen MR) is 84.9 cm³/mol. The van der Waals surface area contributed by atoms with E-state index in [1.807, 2.05) is 18.2 Å². The van der Waals surface area contributed by atoms with Crippen LogP contribution in [-0.2, 0) is 6.54 Å². The van der Waals surface area contributed by atoms with E-state index in [4.69, 9.17) is 11.6 Å². The SMILES string of the molecule is Clc1ccc(Br)c(NCc2ccc(C3CC3)cc2)c1. The molecule has 1 aliphatic carbocycles. The van der Waals surface area contributed by atoms with Crippen LogP contribution < -0.4 is 5.32 Å². The van der Waals surface area contributed by atoms with E-state index >= 15 is 0 Å². The third-order valence-corrected chi connectivity index (χ3v) is 4.37. The maximum Gasteiger partial charge on any atom is 0.0502 e. The molecule has 0 saturated heterocycles. The fourth-order valence-electron chi connectivity index (χ4n) is 2.15. The molecular weight excluding hydrogens is 322 g/mol. The molecule has 0 radical (unpaired) electrons. The Kier molecular flexibility index (Phi) is 3.81. The molecule has 1 N–H and O–H groups in total. The highest BCUT2D eigenvalue weighted by atomic mass is 79.9. The highest BCUT2D eigenvalue weighted by molar-refractivity contribution is 9.10. The van der Waals surface area contributed by atoms with E-state index in [1.165, 1.54) is 24.0 Å². The van der Waals surface area contributed by atoms with Crippen molar-refractivity contribution in [3.63, 3.8) is 0 Å². The standard InChI is InChI=1S/C16H15BrClN/c17-15-8-7-14(18)9-16(15)19-10-11-1-3-12(4-2-11)13-5-6-13/h1-4,7-9,13,19H,5-6,10H2. The minimum atomic E-state index is 0.745. The molecule has 0 amide bonds. The quantitative estimate of drug-likeness (QED) is 0.767. The first-order valence-electron chi connectivity index (χ1n) is 6.50. The number of nitrogens with one attached hydrogen (secondary N) is 1. The van der Waals surface area contributed by atoms with Gasteiger partial charge in [0, 0.05) is 16.0 Å². The van der Waals surface area contributed by atoms with Gasteiger partial charge in [-0.25, -0.2) is 0 Å². The zero-order chi connectivity index (χ0) is 13.2. The summed E-state index contributed by atoms with van der Waals surface area (Å²) in [5, 5.41) is 4.15. The first kappa shape index (κ1) is 13.0. The summed E-state index contributed by atoms with van der Waals surface area (Å²) in [7, 11) is 0. The van der Waals surface area contributed by atoms with Gasteiger partial charge in [-0.1, -0.05) is 35.9 Å². The van der Waals surface area contributed by atoms with Gasteiger partial charge >= 0.3 is 0 Å². The average molecular weight is 337 g/mol. The topological polar surface area (TPSA) is 12.0 Å². The van der Waals surface area contributed by atoms with Gasteiger partial charge in [0.25, 0.3) is 0 Å². The van der Waals surface area contributed by atoms with E-state index in [1.54, 1.807) is 0 Å². The van der Waals surface area contributed by atoms with Crippen LogP contribution >= 0.6 is 27.5 Å². The van der Waals surface area contributed by atoms with Gasteiger partial charge in [-0.3, -0.25) is 0 Å². The molecule has 0 heterocycles. The number of anilines is 1. The fourth-order valence-corrected chi connectivity index (χ4v) is 2.71. The summed E-state index contributed by atoms with van der Waals surface area (Å²) in [6, 6.07) is 14.7. The van der Waals surface area contributed by atoms with Crippen LogP contribution in [-0.4, -0.2) is 0 Å². The largest absolute Gasteiger partial charge is 0.380 e. The minimum Gasteiger partial charge on any atom is -0.380 e. The molecule has 1 fully saturated rings. The summed E-state index contributed by atoms with van der Waals surface area (Å²) in [6.07, 6.45) is 2.71. The maximum absolute atomic E-state index is 6.00. The van der Waals surface area contributed by atoms with Crippen LogP contribution in [0.5, 0.6) is 0 Å². The third kappa shape index (κ3) is 3.31. The van der Waals surface area contributed by atoms with Gasteiger partial charge in [0.15, 0.2) is 0 Å². The van der Waals surface area contributed by atoms with Crippen molar-refractivity contribution in [3.05, 3.63) is 63.1 Å². The van der Waals surface area contributed by atoms with Crippen molar-refractivity contribution >= 4 is 33.2 Å². The van der Waals surface area contributed by atoms with E-state index in [0.29, 0.717) is 0 Å². The molecule has 3 heteroatoms. The molecule has 0 atom stereocenters. The lowest BCUT2D eigenvalue weighted by atomic mass is 10.1. The van der Waals surface area contributed by atoms with Crippen molar-refractivity contribution in [3.8, 4) is 0 Å². The molecule has 0 spiro atoms. The molecule has 1 aliphatic rings. The van der Waals surface area contributed by atoms with Crippen LogP contribution in [0.2, 0.25) is 5.02 Å². The molecule has 98 valence electrons. The van der Waals surface area contributed by atoms with E-state index in [-0.39, 0.29) is 0 Å². The Morgan fingerprint density at radius 3 is 2.53 bits per heavy atom. The average Bonchev–Trinajstić information content (AvgIpc) is 3.25. The summed E-state index contributed by atoms with van der Waals surface area (Å²) in [4.78, 5) is 0. The Labute approximate surface area is 127 Å². The molecule has 0 aliphatic heterocycles. The highest BCUT2D eigenvalue weighted by Crippen LogP contribution is 2.39. The van der Waals surface area contributed by atoms with E-state index in [2.05, 4.69) is 45.5 Å². The summed E-state index contributed by atoms with van der Waals surface area (Å²) >= 11 is 9.52. The molecule has 2 aromatic carbocycles. The fraction of sp³-hybridized carbons (Fsp3) is 0.250. The maximum atomic E-state index is 6.00. The molecule has 0 aromatic heterocycles. The van der Waals surface area contributed by atoms with Gasteiger partial charge in [-0.2, -0.15) is 0 Å². The lowest BCUT2D eigenvalue weighted by Crippen LogP contribution is -2.00. The summed E-state index contributed by atoms with van der Waals surface area (Å²) in [5.74, 6) is 0.823. The van der Waals surface area contributed by atoms with Gasteiger partial charge in [-0.15, -0.1) is 0 Å². The van der Waals surface area contributed by atoms with E-state index in [9.17, 15) is 0 Å². The number of rotatable bonds is 4. The molecular formula is C16H15BrClN. The number of hydrogen-bond donors (Lipinski definition) is 1. The zero-order valence-electron chi connectivity index (χ0n) is 10.5. The second-order valence-electron chi connectivity index (χ2n) is 4.99. The monoisotopic (exact) mass is 335 g/mol. The van der Waals surface area contributed by atoms with E-state index in [0.717, 1.165) is 27.6 Å². The minimum absolute atomic E-state index is 0.745. The second kappa shape index (κ2) is 5.56. The van der Waals surface area contributed by atoms with Crippen molar-refractivity contribution in [2.24, 2.45) is 0 Å². The lowest BCUT2D eigenvalue weighted by molar-refractivity contribution is 1.10. The second-order valence-corrected chi connectivity index (χ2v) is 6.28. The normalized spacial score (nSPS) is 14.4. The smallest absolute Gasteiger partial charge is 0.0502 e. The van der Waals surface area contributed by atoms with Crippen LogP contribution in [0.1, 0.15) is 29.9 Å². The van der Waals surface area contributed by atoms with E-state index < -0.39 is 0 Å². The molecule has 0 unspecified atom stereocenters. The van der Waals surface area contributed by atoms with Crippen molar-refractivity contribution in [1.29, 1.82) is 0 Å². The van der Waals surface area contributed by atoms with Gasteiger partial charge < -0.3 is 5.32 Å². The van der Waals surface area contributed by atoms with Crippen LogP contribution in [0.15, 0.2) is 46.9 Å². The Bertz CT molecular complexity index is 576. The number of hydrogen-bond acceptors (Lipinski definition) is 1. The van der Waals surface area contributed by atoms with Crippen molar-refractivity contribution < 1.29 is 0 Å². The van der Waals surface area contributed by atoms with Crippen molar-refractivity contribution in [1.82, 2.24) is 0 Å². The van der Waals surface area contributed by atoms with Crippen LogP contribution in [0.25, 0.3) is 0 Å². The van der Waals surface area contributed by atoms with Gasteiger partial charge in [0.2, 0.25) is 0 Å². The first-order chi connectivity index (χ1) is 9.22. The van der Waals surface area contributed by atoms with Gasteiger partial charge in [0.1, 0.15) is 0 Å². The highest BCUT2D eigenvalue weighted by Gasteiger charge is 2.22. The summed E-state index contributed by atoms with van der Waals surface area (Å²) < 4.78 is 1.03. The van der Waals surface area contributed by atoms with Crippen LogP contribution in [0, 0.1) is 0 Å². The Balaban J connectivity index is 1.66. The molecule has 3 rings (SSSR count). The summed E-state index contributed by atoms with van der Waals surface area (Å²) in [6.45, 7) is 0.809. The lowest BCUT2D eigenvalue weighted by Gasteiger charge is -2.09. The van der Waals surface area contributed by atoms with Crippen molar-refractivity contribution in [2.45, 2.75) is 25.3 Å². The van der Waals surface area contributed by atoms with Crippen LogP contribution in [0.4, 0.5) is 5.69 Å².